The standard InChI is InChI=1S/C24H27N5/c1-16-13-21-22(14-17(16)2)28-24(27-21)19-15-18-7-3-4-8-20(18)26-23(19)25-9-12-29-10-5-6-11-29/h3-4,7-8,13-15H,5-6,9-12H2,1-2H3,(H,25,26)(H,27,28). The Labute approximate surface area is 171 Å². The van der Waals surface area contributed by atoms with Crippen molar-refractivity contribution in [3.8, 4) is 11.4 Å². The van der Waals surface area contributed by atoms with Gasteiger partial charge in [0.2, 0.25) is 0 Å². The lowest BCUT2D eigenvalue weighted by atomic mass is 10.1. The van der Waals surface area contributed by atoms with Gasteiger partial charge in [-0.25, -0.2) is 9.97 Å². The molecule has 5 heteroatoms. The summed E-state index contributed by atoms with van der Waals surface area (Å²) in [5, 5.41) is 4.71. The lowest BCUT2D eigenvalue weighted by molar-refractivity contribution is 0.352. The van der Waals surface area contributed by atoms with Crippen molar-refractivity contribution in [2.45, 2.75) is 26.7 Å². The molecule has 1 aliphatic rings. The van der Waals surface area contributed by atoms with Crippen LogP contribution in [0.3, 0.4) is 0 Å². The van der Waals surface area contributed by atoms with Crippen molar-refractivity contribution in [2.24, 2.45) is 0 Å². The van der Waals surface area contributed by atoms with Gasteiger partial charge < -0.3 is 15.2 Å². The largest absolute Gasteiger partial charge is 0.368 e. The minimum atomic E-state index is 0.868. The van der Waals surface area contributed by atoms with Crippen LogP contribution in [0.5, 0.6) is 0 Å². The third-order valence-electron chi connectivity index (χ3n) is 6.00. The van der Waals surface area contributed by atoms with Crippen molar-refractivity contribution in [2.75, 3.05) is 31.5 Å². The highest BCUT2D eigenvalue weighted by molar-refractivity contribution is 5.90. The van der Waals surface area contributed by atoms with Gasteiger partial charge in [-0.15, -0.1) is 0 Å². The van der Waals surface area contributed by atoms with E-state index in [1.54, 1.807) is 0 Å². The number of H-pyrrole nitrogens is 1. The Balaban J connectivity index is 1.53. The highest BCUT2D eigenvalue weighted by atomic mass is 15.2. The van der Waals surface area contributed by atoms with Crippen molar-refractivity contribution < 1.29 is 0 Å². The Kier molecular flexibility index (Phi) is 4.68. The third kappa shape index (κ3) is 3.58. The molecule has 5 nitrogen and oxygen atoms in total. The highest BCUT2D eigenvalue weighted by Gasteiger charge is 2.15. The molecule has 0 radical (unpaired) electrons. The van der Waals surface area contributed by atoms with Gasteiger partial charge in [-0.2, -0.15) is 0 Å². The number of aromatic nitrogens is 3. The number of aromatic amines is 1. The van der Waals surface area contributed by atoms with E-state index in [-0.39, 0.29) is 0 Å². The number of anilines is 1. The Morgan fingerprint density at radius 1 is 0.966 bits per heavy atom. The van der Waals surface area contributed by atoms with E-state index in [4.69, 9.17) is 9.97 Å². The normalized spacial score (nSPS) is 14.8. The topological polar surface area (TPSA) is 56.8 Å². The molecule has 148 valence electrons. The maximum Gasteiger partial charge on any atom is 0.142 e. The van der Waals surface area contributed by atoms with Crippen LogP contribution in [-0.4, -0.2) is 46.0 Å². The van der Waals surface area contributed by atoms with Crippen molar-refractivity contribution >= 4 is 27.8 Å². The van der Waals surface area contributed by atoms with Crippen LogP contribution in [0, 0.1) is 13.8 Å². The number of hydrogen-bond donors (Lipinski definition) is 2. The first-order valence-electron chi connectivity index (χ1n) is 10.5. The molecule has 29 heavy (non-hydrogen) atoms. The quantitative estimate of drug-likeness (QED) is 0.513. The molecule has 5 rings (SSSR count). The summed E-state index contributed by atoms with van der Waals surface area (Å²) in [4.78, 5) is 15.9. The molecule has 0 bridgehead atoms. The van der Waals surface area contributed by atoms with Crippen LogP contribution in [0.2, 0.25) is 0 Å². The Hall–Kier alpha value is -2.92. The third-order valence-corrected chi connectivity index (χ3v) is 6.00. The zero-order valence-corrected chi connectivity index (χ0v) is 17.1. The first-order valence-corrected chi connectivity index (χ1v) is 10.5. The lowest BCUT2D eigenvalue weighted by Crippen LogP contribution is -2.26. The number of benzene rings is 2. The predicted octanol–water partition coefficient (Wildman–Crippen LogP) is 4.90. The van der Waals surface area contributed by atoms with Gasteiger partial charge in [-0.05, 0) is 75.2 Å². The van der Waals surface area contributed by atoms with Crippen LogP contribution in [0.4, 0.5) is 5.82 Å². The average Bonchev–Trinajstić information content (AvgIpc) is 3.37. The minimum absolute atomic E-state index is 0.868. The van der Waals surface area contributed by atoms with Crippen LogP contribution in [0.15, 0.2) is 42.5 Å². The molecule has 0 atom stereocenters. The van der Waals surface area contributed by atoms with Gasteiger partial charge in [0, 0.05) is 18.5 Å². The molecule has 2 aromatic carbocycles. The molecule has 1 aliphatic heterocycles. The van der Waals surface area contributed by atoms with E-state index in [9.17, 15) is 0 Å². The number of fused-ring (bicyclic) bond motifs is 2. The second kappa shape index (κ2) is 7.48. The zero-order valence-electron chi connectivity index (χ0n) is 17.1. The maximum absolute atomic E-state index is 4.93. The van der Waals surface area contributed by atoms with E-state index in [1.807, 2.05) is 6.07 Å². The van der Waals surface area contributed by atoms with Gasteiger partial charge >= 0.3 is 0 Å². The monoisotopic (exact) mass is 385 g/mol. The van der Waals surface area contributed by atoms with Crippen molar-refractivity contribution in [3.63, 3.8) is 0 Å². The van der Waals surface area contributed by atoms with E-state index in [1.165, 1.54) is 37.1 Å². The fourth-order valence-corrected chi connectivity index (χ4v) is 4.17. The fraction of sp³-hybridized carbons (Fsp3) is 0.333. The molecule has 2 aromatic heterocycles. The molecule has 4 aromatic rings. The number of nitrogens with zero attached hydrogens (tertiary/aromatic N) is 3. The summed E-state index contributed by atoms with van der Waals surface area (Å²) < 4.78 is 0. The number of para-hydroxylation sites is 1. The molecule has 0 aliphatic carbocycles. The molecule has 2 N–H and O–H groups in total. The number of aryl methyl sites for hydroxylation is 2. The summed E-state index contributed by atoms with van der Waals surface area (Å²) in [7, 11) is 0. The molecule has 3 heterocycles. The second-order valence-corrected chi connectivity index (χ2v) is 8.09. The molecule has 0 amide bonds. The van der Waals surface area contributed by atoms with Crippen LogP contribution in [0.1, 0.15) is 24.0 Å². The van der Waals surface area contributed by atoms with Gasteiger partial charge in [0.25, 0.3) is 0 Å². The van der Waals surface area contributed by atoms with E-state index < -0.39 is 0 Å². The van der Waals surface area contributed by atoms with Gasteiger partial charge in [-0.1, -0.05) is 18.2 Å². The molecular formula is C24H27N5. The van der Waals surface area contributed by atoms with E-state index in [0.717, 1.165) is 52.2 Å². The van der Waals surface area contributed by atoms with Gasteiger partial charge in [0.1, 0.15) is 11.6 Å². The molecule has 0 spiro atoms. The summed E-state index contributed by atoms with van der Waals surface area (Å²) >= 11 is 0. The molecule has 1 fully saturated rings. The zero-order chi connectivity index (χ0) is 19.8. The Morgan fingerprint density at radius 2 is 1.76 bits per heavy atom. The Bertz CT molecular complexity index is 1130. The number of nitrogens with one attached hydrogen (secondary N) is 2. The molecule has 1 saturated heterocycles. The fourth-order valence-electron chi connectivity index (χ4n) is 4.17. The first kappa shape index (κ1) is 18.1. The SMILES string of the molecule is Cc1cc2nc(-c3cc4ccccc4nc3NCCN3CCCC3)[nH]c2cc1C. The lowest BCUT2D eigenvalue weighted by Gasteiger charge is -2.16. The number of imidazole rings is 1. The maximum atomic E-state index is 4.93. The van der Waals surface area contributed by atoms with Gasteiger partial charge in [-0.3, -0.25) is 0 Å². The summed E-state index contributed by atoms with van der Waals surface area (Å²) in [6.07, 6.45) is 2.63. The summed E-state index contributed by atoms with van der Waals surface area (Å²) in [6.45, 7) is 8.62. The second-order valence-electron chi connectivity index (χ2n) is 8.09. The van der Waals surface area contributed by atoms with Crippen molar-refractivity contribution in [3.05, 3.63) is 53.6 Å². The molecular weight excluding hydrogens is 358 g/mol. The van der Waals surface area contributed by atoms with E-state index >= 15 is 0 Å². The summed E-state index contributed by atoms with van der Waals surface area (Å²) in [5.74, 6) is 1.77. The number of hydrogen-bond acceptors (Lipinski definition) is 4. The molecule has 0 saturated carbocycles. The van der Waals surface area contributed by atoms with Crippen LogP contribution in [-0.2, 0) is 0 Å². The number of rotatable bonds is 5. The summed E-state index contributed by atoms with van der Waals surface area (Å²) in [6, 6.07) is 14.8. The molecule has 0 unspecified atom stereocenters. The van der Waals surface area contributed by atoms with E-state index in [0.29, 0.717) is 0 Å². The first-order chi connectivity index (χ1) is 14.2. The smallest absolute Gasteiger partial charge is 0.142 e. The van der Waals surface area contributed by atoms with E-state index in [2.05, 4.69) is 65.4 Å². The number of likely N-dealkylation sites (tertiary alicyclic amines) is 1. The highest BCUT2D eigenvalue weighted by Crippen LogP contribution is 2.30. The summed E-state index contributed by atoms with van der Waals surface area (Å²) in [5.41, 5.74) is 6.63. The van der Waals surface area contributed by atoms with Crippen molar-refractivity contribution in [1.82, 2.24) is 19.9 Å². The predicted molar refractivity (Wildman–Crippen MR) is 120 cm³/mol. The van der Waals surface area contributed by atoms with Crippen molar-refractivity contribution in [1.29, 1.82) is 0 Å². The van der Waals surface area contributed by atoms with Gasteiger partial charge in [0.15, 0.2) is 0 Å². The van der Waals surface area contributed by atoms with Crippen LogP contribution < -0.4 is 5.32 Å². The van der Waals surface area contributed by atoms with Crippen LogP contribution in [0.25, 0.3) is 33.3 Å². The average molecular weight is 386 g/mol. The Morgan fingerprint density at radius 3 is 2.62 bits per heavy atom. The number of pyridine rings is 1. The minimum Gasteiger partial charge on any atom is -0.368 e. The van der Waals surface area contributed by atoms with Gasteiger partial charge in [0.05, 0.1) is 22.1 Å². The van der Waals surface area contributed by atoms with Crippen LogP contribution >= 0.6 is 0 Å².